The summed E-state index contributed by atoms with van der Waals surface area (Å²) >= 11 is 0. The number of fused-ring (bicyclic) bond motifs is 1. The highest BCUT2D eigenvalue weighted by Crippen LogP contribution is 2.31. The summed E-state index contributed by atoms with van der Waals surface area (Å²) in [6.45, 7) is 1.53. The molecule has 6 nitrogen and oxygen atoms in total. The lowest BCUT2D eigenvalue weighted by Crippen LogP contribution is -2.37. The topological polar surface area (TPSA) is 96.6 Å². The lowest BCUT2D eigenvalue weighted by Gasteiger charge is -2.34. The molecule has 1 heterocycles. The zero-order valence-electron chi connectivity index (χ0n) is 14.4. The number of hydrogen-bond acceptors (Lipinski definition) is 5. The molecule has 2 aromatic rings. The first-order valence-electron chi connectivity index (χ1n) is 8.59. The van der Waals surface area contributed by atoms with Crippen LogP contribution >= 0.6 is 0 Å². The summed E-state index contributed by atoms with van der Waals surface area (Å²) < 4.78 is 0. The van der Waals surface area contributed by atoms with Crippen molar-refractivity contribution in [3.05, 3.63) is 47.5 Å². The second kappa shape index (κ2) is 8.00. The van der Waals surface area contributed by atoms with E-state index in [4.69, 9.17) is 5.11 Å². The van der Waals surface area contributed by atoms with Crippen molar-refractivity contribution in [2.24, 2.45) is 0 Å². The summed E-state index contributed by atoms with van der Waals surface area (Å²) in [5.74, 6) is -0.573. The minimum atomic E-state index is -1.04. The standard InChI is InChI=1S/C20H21N3O3/c21-11-16(20(26)22-12-17(25)13-24)9-14-5-6-15-3-1-4-19(18(15)10-14)23-7-2-8-23/h1,3-6,9-10,17,24-25H,2,7-8,12-13H2,(H,22,26)/b16-9+. The zero-order valence-corrected chi connectivity index (χ0v) is 14.4. The molecule has 1 aliphatic heterocycles. The Bertz CT molecular complexity index is 881. The van der Waals surface area contributed by atoms with Crippen LogP contribution in [0.2, 0.25) is 0 Å². The van der Waals surface area contributed by atoms with Gasteiger partial charge in [-0.1, -0.05) is 24.3 Å². The molecule has 0 aliphatic carbocycles. The zero-order chi connectivity index (χ0) is 18.5. The molecule has 3 N–H and O–H groups in total. The molecule has 6 heteroatoms. The van der Waals surface area contributed by atoms with E-state index in [2.05, 4.69) is 16.3 Å². The molecule has 0 saturated carbocycles. The summed E-state index contributed by atoms with van der Waals surface area (Å²) in [4.78, 5) is 14.4. The third kappa shape index (κ3) is 3.85. The second-order valence-corrected chi connectivity index (χ2v) is 6.31. The number of carbonyl (C=O) groups excluding carboxylic acids is 1. The SMILES string of the molecule is N#C/C(=C\c1ccc2cccc(N3CCC3)c2c1)C(=O)NCC(O)CO. The summed E-state index contributed by atoms with van der Waals surface area (Å²) in [6, 6.07) is 13.9. The first kappa shape index (κ1) is 17.9. The number of nitriles is 1. The van der Waals surface area contributed by atoms with E-state index >= 15 is 0 Å². The number of nitrogens with one attached hydrogen (secondary N) is 1. The molecular weight excluding hydrogens is 330 g/mol. The van der Waals surface area contributed by atoms with Gasteiger partial charge >= 0.3 is 0 Å². The van der Waals surface area contributed by atoms with E-state index in [1.807, 2.05) is 36.4 Å². The fourth-order valence-electron chi connectivity index (χ4n) is 2.88. The Balaban J connectivity index is 1.87. The van der Waals surface area contributed by atoms with E-state index in [0.29, 0.717) is 0 Å². The van der Waals surface area contributed by atoms with Gasteiger partial charge in [0.15, 0.2) is 0 Å². The van der Waals surface area contributed by atoms with Gasteiger partial charge in [0, 0.05) is 30.7 Å². The van der Waals surface area contributed by atoms with Gasteiger partial charge in [0.05, 0.1) is 12.7 Å². The maximum absolute atomic E-state index is 12.1. The average molecular weight is 351 g/mol. The van der Waals surface area contributed by atoms with E-state index in [0.717, 1.165) is 35.1 Å². The van der Waals surface area contributed by atoms with Crippen LogP contribution in [0, 0.1) is 11.3 Å². The van der Waals surface area contributed by atoms with Gasteiger partial charge in [0.2, 0.25) is 0 Å². The van der Waals surface area contributed by atoms with E-state index < -0.39 is 18.6 Å². The van der Waals surface area contributed by atoms with Crippen LogP contribution in [0.15, 0.2) is 42.0 Å². The molecule has 1 atom stereocenters. The monoisotopic (exact) mass is 351 g/mol. The molecule has 0 radical (unpaired) electrons. The summed E-state index contributed by atoms with van der Waals surface area (Å²) in [7, 11) is 0. The third-order valence-electron chi connectivity index (χ3n) is 4.47. The van der Waals surface area contributed by atoms with Gasteiger partial charge in [-0.25, -0.2) is 0 Å². The van der Waals surface area contributed by atoms with Crippen molar-refractivity contribution >= 4 is 28.4 Å². The van der Waals surface area contributed by atoms with Crippen molar-refractivity contribution < 1.29 is 15.0 Å². The molecule has 0 aromatic heterocycles. The minimum Gasteiger partial charge on any atom is -0.394 e. The molecule has 3 rings (SSSR count). The molecule has 2 aromatic carbocycles. The summed E-state index contributed by atoms with van der Waals surface area (Å²) in [5.41, 5.74) is 1.88. The minimum absolute atomic E-state index is 0.0454. The highest BCUT2D eigenvalue weighted by Gasteiger charge is 2.17. The highest BCUT2D eigenvalue weighted by molar-refractivity contribution is 6.03. The lowest BCUT2D eigenvalue weighted by molar-refractivity contribution is -0.117. The van der Waals surface area contributed by atoms with Gasteiger partial charge in [-0.2, -0.15) is 5.26 Å². The molecule has 1 fully saturated rings. The quantitative estimate of drug-likeness (QED) is 0.540. The van der Waals surface area contributed by atoms with Crippen LogP contribution < -0.4 is 10.2 Å². The van der Waals surface area contributed by atoms with Crippen molar-refractivity contribution in [1.82, 2.24) is 5.32 Å². The Kier molecular flexibility index (Phi) is 5.52. The molecular formula is C20H21N3O3. The number of aliphatic hydroxyl groups is 2. The summed E-state index contributed by atoms with van der Waals surface area (Å²) in [6.07, 6.45) is 1.68. The number of anilines is 1. The number of rotatable bonds is 6. The molecule has 134 valence electrons. The Labute approximate surface area is 152 Å². The van der Waals surface area contributed by atoms with Gasteiger partial charge in [-0.05, 0) is 35.6 Å². The Morgan fingerprint density at radius 1 is 1.35 bits per heavy atom. The smallest absolute Gasteiger partial charge is 0.262 e. The predicted molar refractivity (Wildman–Crippen MR) is 100 cm³/mol. The van der Waals surface area contributed by atoms with E-state index in [1.54, 1.807) is 0 Å². The molecule has 1 aliphatic rings. The summed E-state index contributed by atoms with van der Waals surface area (Å²) in [5, 5.41) is 32.0. The number of hydrogen-bond donors (Lipinski definition) is 3. The van der Waals surface area contributed by atoms with Crippen molar-refractivity contribution in [2.45, 2.75) is 12.5 Å². The maximum atomic E-state index is 12.1. The number of benzene rings is 2. The van der Waals surface area contributed by atoms with Gasteiger partial charge in [0.1, 0.15) is 11.6 Å². The van der Waals surface area contributed by atoms with Crippen LogP contribution in [0.1, 0.15) is 12.0 Å². The third-order valence-corrected chi connectivity index (χ3v) is 4.47. The van der Waals surface area contributed by atoms with Crippen LogP contribution in [-0.4, -0.2) is 48.5 Å². The fraction of sp³-hybridized carbons (Fsp3) is 0.300. The van der Waals surface area contributed by atoms with Crippen molar-refractivity contribution in [1.29, 1.82) is 5.26 Å². The second-order valence-electron chi connectivity index (χ2n) is 6.31. The van der Waals surface area contributed by atoms with Gasteiger partial charge in [0.25, 0.3) is 5.91 Å². The molecule has 1 amide bonds. The Hall–Kier alpha value is -2.88. The van der Waals surface area contributed by atoms with Crippen molar-refractivity contribution in [3.8, 4) is 6.07 Å². The highest BCUT2D eigenvalue weighted by atomic mass is 16.3. The van der Waals surface area contributed by atoms with E-state index in [1.165, 1.54) is 12.5 Å². The van der Waals surface area contributed by atoms with Gasteiger partial charge < -0.3 is 20.4 Å². The predicted octanol–water partition coefficient (Wildman–Crippen LogP) is 1.43. The Morgan fingerprint density at radius 2 is 2.15 bits per heavy atom. The molecule has 1 saturated heterocycles. The fourth-order valence-corrected chi connectivity index (χ4v) is 2.88. The van der Waals surface area contributed by atoms with Crippen LogP contribution in [0.3, 0.4) is 0 Å². The maximum Gasteiger partial charge on any atom is 0.262 e. The number of amides is 1. The number of carbonyl (C=O) groups is 1. The Morgan fingerprint density at radius 3 is 2.81 bits per heavy atom. The normalized spacial score (nSPS) is 15.3. The first-order valence-corrected chi connectivity index (χ1v) is 8.59. The largest absolute Gasteiger partial charge is 0.394 e. The van der Waals surface area contributed by atoms with Gasteiger partial charge in [-0.15, -0.1) is 0 Å². The van der Waals surface area contributed by atoms with Crippen molar-refractivity contribution in [2.75, 3.05) is 31.1 Å². The number of aliphatic hydroxyl groups excluding tert-OH is 2. The lowest BCUT2D eigenvalue weighted by atomic mass is 10.0. The average Bonchev–Trinajstić information content (AvgIpc) is 2.62. The van der Waals surface area contributed by atoms with Crippen LogP contribution in [-0.2, 0) is 4.79 Å². The number of nitrogens with zero attached hydrogens (tertiary/aromatic N) is 2. The van der Waals surface area contributed by atoms with Crippen molar-refractivity contribution in [3.63, 3.8) is 0 Å². The molecule has 0 spiro atoms. The molecule has 0 bridgehead atoms. The van der Waals surface area contributed by atoms with E-state index in [9.17, 15) is 15.2 Å². The molecule has 1 unspecified atom stereocenters. The van der Waals surface area contributed by atoms with E-state index in [-0.39, 0.29) is 12.1 Å². The van der Waals surface area contributed by atoms with Crippen LogP contribution in [0.25, 0.3) is 16.8 Å². The van der Waals surface area contributed by atoms with Gasteiger partial charge in [-0.3, -0.25) is 4.79 Å². The molecule has 26 heavy (non-hydrogen) atoms. The van der Waals surface area contributed by atoms with Crippen LogP contribution in [0.4, 0.5) is 5.69 Å². The first-order chi connectivity index (χ1) is 12.6. The van der Waals surface area contributed by atoms with Crippen LogP contribution in [0.5, 0.6) is 0 Å².